The van der Waals surface area contributed by atoms with E-state index in [2.05, 4.69) is 15.6 Å². The number of carbonyl (C=O) groups is 2. The first kappa shape index (κ1) is 14.4. The average Bonchev–Trinajstić information content (AvgIpc) is 2.48. The van der Waals surface area contributed by atoms with Crippen LogP contribution in [0.3, 0.4) is 0 Å². The lowest BCUT2D eigenvalue weighted by Gasteiger charge is -2.08. The van der Waals surface area contributed by atoms with Crippen LogP contribution in [-0.4, -0.2) is 22.1 Å². The fraction of sp³-hybridized carbons (Fsp3) is 0.0714. The summed E-state index contributed by atoms with van der Waals surface area (Å²) in [6, 6.07) is 8.08. The van der Waals surface area contributed by atoms with Crippen molar-refractivity contribution in [3.63, 3.8) is 0 Å². The fourth-order valence-corrected chi connectivity index (χ4v) is 1.62. The molecule has 2 aromatic rings. The highest BCUT2D eigenvalue weighted by Gasteiger charge is 2.11. The van der Waals surface area contributed by atoms with E-state index in [1.54, 1.807) is 24.4 Å². The molecule has 0 saturated carbocycles. The van der Waals surface area contributed by atoms with Gasteiger partial charge in [0.05, 0.1) is 17.8 Å². The van der Waals surface area contributed by atoms with Crippen molar-refractivity contribution in [2.75, 3.05) is 5.32 Å². The number of hydrogen-bond donors (Lipinski definition) is 3. The molecule has 0 fully saturated rings. The summed E-state index contributed by atoms with van der Waals surface area (Å²) in [6.45, 7) is 0.222. The summed E-state index contributed by atoms with van der Waals surface area (Å²) in [6.07, 6.45) is 1.61. The number of aromatic nitrogens is 1. The zero-order valence-electron chi connectivity index (χ0n) is 10.8. The number of carbonyl (C=O) groups excluding carboxylic acids is 1. The van der Waals surface area contributed by atoms with Crippen molar-refractivity contribution in [3.05, 3.63) is 59.7 Å². The lowest BCUT2D eigenvalue weighted by Crippen LogP contribution is -2.28. The Hall–Kier alpha value is -2.96. The van der Waals surface area contributed by atoms with E-state index in [1.807, 2.05) is 0 Å². The first-order valence-electron chi connectivity index (χ1n) is 6.04. The molecule has 0 bridgehead atoms. The number of urea groups is 1. The van der Waals surface area contributed by atoms with Crippen molar-refractivity contribution >= 4 is 17.7 Å². The minimum Gasteiger partial charge on any atom is -0.478 e. The quantitative estimate of drug-likeness (QED) is 0.805. The van der Waals surface area contributed by atoms with Gasteiger partial charge in [0, 0.05) is 11.9 Å². The number of nitrogens with one attached hydrogen (secondary N) is 2. The number of hydrogen-bond acceptors (Lipinski definition) is 3. The van der Waals surface area contributed by atoms with Crippen LogP contribution in [0.25, 0.3) is 0 Å². The largest absolute Gasteiger partial charge is 0.478 e. The summed E-state index contributed by atoms with van der Waals surface area (Å²) in [7, 11) is 0. The zero-order valence-corrected chi connectivity index (χ0v) is 10.8. The van der Waals surface area contributed by atoms with Gasteiger partial charge in [-0.2, -0.15) is 0 Å². The molecule has 0 aliphatic rings. The first-order valence-corrected chi connectivity index (χ1v) is 6.04. The van der Waals surface area contributed by atoms with E-state index in [9.17, 15) is 14.0 Å². The van der Waals surface area contributed by atoms with E-state index in [0.717, 1.165) is 12.1 Å². The number of rotatable bonds is 4. The molecular weight excluding hydrogens is 277 g/mol. The molecule has 0 atom stereocenters. The monoisotopic (exact) mass is 289 g/mol. The Morgan fingerprint density at radius 2 is 2.05 bits per heavy atom. The Morgan fingerprint density at radius 1 is 1.24 bits per heavy atom. The van der Waals surface area contributed by atoms with Crippen LogP contribution in [0.15, 0.2) is 42.6 Å². The van der Waals surface area contributed by atoms with Crippen LogP contribution in [0, 0.1) is 5.82 Å². The molecule has 1 heterocycles. The SMILES string of the molecule is O=C(NCc1ccccn1)Nc1ccc(F)c(C(=O)O)c1. The second-order valence-corrected chi connectivity index (χ2v) is 4.13. The Balaban J connectivity index is 1.97. The molecule has 0 radical (unpaired) electrons. The van der Waals surface area contributed by atoms with Gasteiger partial charge in [-0.15, -0.1) is 0 Å². The van der Waals surface area contributed by atoms with Crippen LogP contribution in [0.5, 0.6) is 0 Å². The van der Waals surface area contributed by atoms with Gasteiger partial charge in [0.15, 0.2) is 0 Å². The lowest BCUT2D eigenvalue weighted by atomic mass is 10.2. The number of amides is 2. The average molecular weight is 289 g/mol. The van der Waals surface area contributed by atoms with Crippen molar-refractivity contribution < 1.29 is 19.1 Å². The highest BCUT2D eigenvalue weighted by Crippen LogP contribution is 2.14. The second kappa shape index (κ2) is 6.47. The smallest absolute Gasteiger partial charge is 0.338 e. The zero-order chi connectivity index (χ0) is 15.2. The number of carboxylic acid groups (broad SMARTS) is 1. The fourth-order valence-electron chi connectivity index (χ4n) is 1.62. The predicted octanol–water partition coefficient (Wildman–Crippen LogP) is 2.24. The van der Waals surface area contributed by atoms with E-state index in [1.165, 1.54) is 6.07 Å². The molecule has 7 heteroatoms. The molecule has 6 nitrogen and oxygen atoms in total. The Bertz CT molecular complexity index is 662. The molecule has 1 aromatic heterocycles. The van der Waals surface area contributed by atoms with Gasteiger partial charge in [-0.3, -0.25) is 4.98 Å². The van der Waals surface area contributed by atoms with Crippen LogP contribution in [-0.2, 0) is 6.54 Å². The second-order valence-electron chi connectivity index (χ2n) is 4.13. The third-order valence-electron chi connectivity index (χ3n) is 2.61. The molecule has 3 N–H and O–H groups in total. The van der Waals surface area contributed by atoms with Crippen molar-refractivity contribution in [2.45, 2.75) is 6.54 Å². The third-order valence-corrected chi connectivity index (χ3v) is 2.61. The number of anilines is 1. The number of benzene rings is 1. The van der Waals surface area contributed by atoms with Crippen LogP contribution in [0.1, 0.15) is 16.1 Å². The molecule has 108 valence electrons. The summed E-state index contributed by atoms with van der Waals surface area (Å²) in [4.78, 5) is 26.5. The van der Waals surface area contributed by atoms with Gasteiger partial charge < -0.3 is 15.7 Å². The summed E-state index contributed by atoms with van der Waals surface area (Å²) in [5.41, 5.74) is 0.364. The van der Waals surface area contributed by atoms with Crippen LogP contribution < -0.4 is 10.6 Å². The van der Waals surface area contributed by atoms with Crippen molar-refractivity contribution in [3.8, 4) is 0 Å². The Morgan fingerprint density at radius 3 is 2.71 bits per heavy atom. The molecule has 0 saturated heterocycles. The Kier molecular flexibility index (Phi) is 4.45. The van der Waals surface area contributed by atoms with E-state index >= 15 is 0 Å². The van der Waals surface area contributed by atoms with E-state index in [4.69, 9.17) is 5.11 Å². The van der Waals surface area contributed by atoms with Gasteiger partial charge in [-0.1, -0.05) is 6.07 Å². The lowest BCUT2D eigenvalue weighted by molar-refractivity contribution is 0.0692. The predicted molar refractivity (Wildman–Crippen MR) is 73.5 cm³/mol. The molecule has 21 heavy (non-hydrogen) atoms. The summed E-state index contributed by atoms with van der Waals surface area (Å²) in [5.74, 6) is -2.26. The van der Waals surface area contributed by atoms with E-state index in [-0.39, 0.29) is 12.2 Å². The molecule has 2 amide bonds. The topological polar surface area (TPSA) is 91.3 Å². The molecule has 2 rings (SSSR count). The summed E-state index contributed by atoms with van der Waals surface area (Å²) in [5, 5.41) is 13.8. The minimum absolute atomic E-state index is 0.187. The van der Waals surface area contributed by atoms with Gasteiger partial charge in [-0.05, 0) is 30.3 Å². The molecule has 0 aliphatic carbocycles. The van der Waals surface area contributed by atoms with Crippen LogP contribution >= 0.6 is 0 Å². The number of halogens is 1. The molecule has 1 aromatic carbocycles. The van der Waals surface area contributed by atoms with Gasteiger partial charge in [0.25, 0.3) is 0 Å². The number of nitrogens with zero attached hydrogens (tertiary/aromatic N) is 1. The normalized spacial score (nSPS) is 9.95. The Labute approximate surface area is 119 Å². The minimum atomic E-state index is -1.40. The maximum absolute atomic E-state index is 13.2. The highest BCUT2D eigenvalue weighted by molar-refractivity contribution is 5.93. The van der Waals surface area contributed by atoms with Crippen LogP contribution in [0.2, 0.25) is 0 Å². The number of carboxylic acids is 1. The van der Waals surface area contributed by atoms with Gasteiger partial charge in [0.2, 0.25) is 0 Å². The van der Waals surface area contributed by atoms with E-state index < -0.39 is 23.4 Å². The standard InChI is InChI=1S/C14H12FN3O3/c15-12-5-4-9(7-11(12)13(19)20)18-14(21)17-8-10-3-1-2-6-16-10/h1-7H,8H2,(H,19,20)(H2,17,18,21). The van der Waals surface area contributed by atoms with Crippen molar-refractivity contribution in [1.29, 1.82) is 0 Å². The molecular formula is C14H12FN3O3. The summed E-state index contributed by atoms with van der Waals surface area (Å²) >= 11 is 0. The van der Waals surface area contributed by atoms with Crippen molar-refractivity contribution in [1.82, 2.24) is 10.3 Å². The van der Waals surface area contributed by atoms with Gasteiger partial charge in [-0.25, -0.2) is 14.0 Å². The number of aromatic carboxylic acids is 1. The van der Waals surface area contributed by atoms with E-state index in [0.29, 0.717) is 5.69 Å². The maximum atomic E-state index is 13.2. The van der Waals surface area contributed by atoms with Crippen LogP contribution in [0.4, 0.5) is 14.9 Å². The third kappa shape index (κ3) is 4.00. The maximum Gasteiger partial charge on any atom is 0.338 e. The molecule has 0 aliphatic heterocycles. The summed E-state index contributed by atoms with van der Waals surface area (Å²) < 4.78 is 13.2. The van der Waals surface area contributed by atoms with Gasteiger partial charge >= 0.3 is 12.0 Å². The molecule has 0 spiro atoms. The van der Waals surface area contributed by atoms with Gasteiger partial charge in [0.1, 0.15) is 5.82 Å². The first-order chi connectivity index (χ1) is 10.1. The molecule has 0 unspecified atom stereocenters. The van der Waals surface area contributed by atoms with Crippen molar-refractivity contribution in [2.24, 2.45) is 0 Å². The number of pyridine rings is 1. The highest BCUT2D eigenvalue weighted by atomic mass is 19.1.